The molecule has 114 valence electrons. The van der Waals surface area contributed by atoms with Crippen molar-refractivity contribution >= 4 is 11.8 Å². The zero-order valence-corrected chi connectivity index (χ0v) is 12.9. The van der Waals surface area contributed by atoms with Crippen molar-refractivity contribution in [3.8, 4) is 0 Å². The van der Waals surface area contributed by atoms with Crippen molar-refractivity contribution < 1.29 is 9.59 Å². The van der Waals surface area contributed by atoms with Crippen LogP contribution >= 0.6 is 0 Å². The van der Waals surface area contributed by atoms with Crippen molar-refractivity contribution in [3.05, 3.63) is 0 Å². The van der Waals surface area contributed by atoms with Gasteiger partial charge in [0, 0.05) is 19.5 Å². The lowest BCUT2D eigenvalue weighted by atomic mass is 9.84. The van der Waals surface area contributed by atoms with Crippen LogP contribution in [0.5, 0.6) is 0 Å². The van der Waals surface area contributed by atoms with E-state index in [2.05, 4.69) is 17.6 Å². The number of nitrogens with one attached hydrogen (secondary N) is 2. The van der Waals surface area contributed by atoms with E-state index in [0.717, 1.165) is 13.1 Å². The molecule has 2 amide bonds. The van der Waals surface area contributed by atoms with Gasteiger partial charge in [-0.05, 0) is 51.6 Å². The topological polar surface area (TPSA) is 61.4 Å². The lowest BCUT2D eigenvalue weighted by Gasteiger charge is -2.42. The van der Waals surface area contributed by atoms with E-state index in [0.29, 0.717) is 31.3 Å². The number of rotatable bonds is 3. The molecule has 2 unspecified atom stereocenters. The molecule has 2 rings (SSSR count). The van der Waals surface area contributed by atoms with Crippen LogP contribution in [0.2, 0.25) is 0 Å². The molecule has 0 aromatic heterocycles. The quantitative estimate of drug-likeness (QED) is 0.802. The smallest absolute Gasteiger partial charge is 0.245 e. The summed E-state index contributed by atoms with van der Waals surface area (Å²) in [5.74, 6) is 1.01. The van der Waals surface area contributed by atoms with Gasteiger partial charge in [-0.3, -0.25) is 9.59 Å². The molecule has 0 aliphatic carbocycles. The molecule has 2 N–H and O–H groups in total. The van der Waals surface area contributed by atoms with Gasteiger partial charge in [0.25, 0.3) is 0 Å². The van der Waals surface area contributed by atoms with Crippen molar-refractivity contribution in [1.29, 1.82) is 0 Å². The molecule has 2 aliphatic heterocycles. The number of hydrogen-bond donors (Lipinski definition) is 2. The van der Waals surface area contributed by atoms with E-state index >= 15 is 0 Å². The molecule has 0 aromatic rings. The zero-order chi connectivity index (χ0) is 14.8. The van der Waals surface area contributed by atoms with Crippen molar-refractivity contribution in [1.82, 2.24) is 15.5 Å². The standard InChI is InChI=1S/C15H27N3O2/c1-11(12-5-4-6-16-10-12)9-13(19)18-8-7-17-14(20)15(18,2)3/h11-12,16H,4-10H2,1-3H3,(H,17,20). The first-order valence-corrected chi connectivity index (χ1v) is 7.72. The van der Waals surface area contributed by atoms with Crippen LogP contribution in [0.1, 0.15) is 40.0 Å². The highest BCUT2D eigenvalue weighted by Gasteiger charge is 2.40. The third-order valence-electron chi connectivity index (χ3n) is 4.79. The molecule has 0 spiro atoms. The molecule has 20 heavy (non-hydrogen) atoms. The summed E-state index contributed by atoms with van der Waals surface area (Å²) in [5, 5.41) is 6.23. The van der Waals surface area contributed by atoms with Crippen molar-refractivity contribution in [2.45, 2.75) is 45.6 Å². The van der Waals surface area contributed by atoms with E-state index in [4.69, 9.17) is 0 Å². The van der Waals surface area contributed by atoms with Crippen molar-refractivity contribution in [2.75, 3.05) is 26.2 Å². The van der Waals surface area contributed by atoms with Crippen molar-refractivity contribution in [3.63, 3.8) is 0 Å². The largest absolute Gasteiger partial charge is 0.352 e. The van der Waals surface area contributed by atoms with Crippen LogP contribution in [0.25, 0.3) is 0 Å². The molecular formula is C15H27N3O2. The number of hydrogen-bond acceptors (Lipinski definition) is 3. The maximum atomic E-state index is 12.5. The second-order valence-electron chi connectivity index (χ2n) is 6.65. The Morgan fingerprint density at radius 2 is 2.20 bits per heavy atom. The summed E-state index contributed by atoms with van der Waals surface area (Å²) < 4.78 is 0. The normalized spacial score (nSPS) is 27.9. The number of amides is 2. The highest BCUT2D eigenvalue weighted by molar-refractivity contribution is 5.91. The van der Waals surface area contributed by atoms with Gasteiger partial charge in [-0.1, -0.05) is 6.92 Å². The second-order valence-corrected chi connectivity index (χ2v) is 6.65. The minimum absolute atomic E-state index is 0.0518. The predicted molar refractivity (Wildman–Crippen MR) is 78.2 cm³/mol. The Morgan fingerprint density at radius 1 is 1.45 bits per heavy atom. The Kier molecular flexibility index (Phi) is 4.68. The molecular weight excluding hydrogens is 254 g/mol. The van der Waals surface area contributed by atoms with E-state index in [-0.39, 0.29) is 11.8 Å². The minimum Gasteiger partial charge on any atom is -0.352 e. The van der Waals surface area contributed by atoms with Gasteiger partial charge < -0.3 is 15.5 Å². The molecule has 0 aromatic carbocycles. The second kappa shape index (κ2) is 6.12. The van der Waals surface area contributed by atoms with Crippen LogP contribution in [0, 0.1) is 11.8 Å². The first-order chi connectivity index (χ1) is 9.43. The van der Waals surface area contributed by atoms with Gasteiger partial charge in [-0.25, -0.2) is 0 Å². The Hall–Kier alpha value is -1.10. The monoisotopic (exact) mass is 281 g/mol. The Balaban J connectivity index is 1.94. The van der Waals surface area contributed by atoms with Gasteiger partial charge in [0.2, 0.25) is 11.8 Å². The summed E-state index contributed by atoms with van der Waals surface area (Å²) in [6.45, 7) is 9.10. The van der Waals surface area contributed by atoms with Crippen LogP contribution in [0.3, 0.4) is 0 Å². The molecule has 0 radical (unpaired) electrons. The highest BCUT2D eigenvalue weighted by atomic mass is 16.2. The number of carbonyl (C=O) groups excluding carboxylic acids is 2. The van der Waals surface area contributed by atoms with Crippen LogP contribution in [0.15, 0.2) is 0 Å². The van der Waals surface area contributed by atoms with Gasteiger partial charge in [0.05, 0.1) is 0 Å². The summed E-state index contributed by atoms with van der Waals surface area (Å²) >= 11 is 0. The van der Waals surface area contributed by atoms with Crippen LogP contribution < -0.4 is 10.6 Å². The Morgan fingerprint density at radius 3 is 2.85 bits per heavy atom. The lowest BCUT2D eigenvalue weighted by Crippen LogP contribution is -2.63. The van der Waals surface area contributed by atoms with Crippen LogP contribution in [0.4, 0.5) is 0 Å². The third-order valence-corrected chi connectivity index (χ3v) is 4.79. The number of nitrogens with zero attached hydrogens (tertiary/aromatic N) is 1. The molecule has 0 saturated carbocycles. The van der Waals surface area contributed by atoms with E-state index < -0.39 is 5.54 Å². The first kappa shape index (κ1) is 15.3. The summed E-state index contributed by atoms with van der Waals surface area (Å²) in [7, 11) is 0. The first-order valence-electron chi connectivity index (χ1n) is 7.72. The van der Waals surface area contributed by atoms with E-state index in [1.54, 1.807) is 4.90 Å². The van der Waals surface area contributed by atoms with Crippen LogP contribution in [-0.4, -0.2) is 48.4 Å². The summed E-state index contributed by atoms with van der Waals surface area (Å²) in [4.78, 5) is 26.2. The molecule has 5 heteroatoms. The van der Waals surface area contributed by atoms with Gasteiger partial charge >= 0.3 is 0 Å². The summed E-state index contributed by atoms with van der Waals surface area (Å²) in [6.07, 6.45) is 2.94. The number of carbonyl (C=O) groups is 2. The lowest BCUT2D eigenvalue weighted by molar-refractivity contribution is -0.150. The molecule has 0 bridgehead atoms. The number of piperazine rings is 1. The molecule has 2 heterocycles. The van der Waals surface area contributed by atoms with E-state index in [1.807, 2.05) is 13.8 Å². The maximum absolute atomic E-state index is 12.5. The van der Waals surface area contributed by atoms with E-state index in [1.165, 1.54) is 12.8 Å². The maximum Gasteiger partial charge on any atom is 0.245 e. The fourth-order valence-electron chi connectivity index (χ4n) is 3.25. The summed E-state index contributed by atoms with van der Waals surface area (Å²) in [6, 6.07) is 0. The molecule has 2 aliphatic rings. The molecule has 5 nitrogen and oxygen atoms in total. The fraction of sp³-hybridized carbons (Fsp3) is 0.867. The third kappa shape index (κ3) is 3.14. The Labute approximate surface area is 121 Å². The minimum atomic E-state index is -0.722. The average Bonchev–Trinajstić information content (AvgIpc) is 2.42. The zero-order valence-electron chi connectivity index (χ0n) is 12.9. The fourth-order valence-corrected chi connectivity index (χ4v) is 3.25. The van der Waals surface area contributed by atoms with Gasteiger partial charge in [-0.2, -0.15) is 0 Å². The number of piperidine rings is 1. The summed E-state index contributed by atoms with van der Waals surface area (Å²) in [5.41, 5.74) is -0.722. The predicted octanol–water partition coefficient (Wildman–Crippen LogP) is 0.749. The van der Waals surface area contributed by atoms with Crippen molar-refractivity contribution in [2.24, 2.45) is 11.8 Å². The SMILES string of the molecule is CC(CC(=O)N1CCNC(=O)C1(C)C)C1CCCNC1. The van der Waals surface area contributed by atoms with Gasteiger partial charge in [0.1, 0.15) is 5.54 Å². The van der Waals surface area contributed by atoms with E-state index in [9.17, 15) is 9.59 Å². The molecule has 2 atom stereocenters. The molecule has 2 fully saturated rings. The van der Waals surface area contributed by atoms with Gasteiger partial charge in [-0.15, -0.1) is 0 Å². The Bertz CT molecular complexity index is 375. The van der Waals surface area contributed by atoms with Gasteiger partial charge in [0.15, 0.2) is 0 Å². The highest BCUT2D eigenvalue weighted by Crippen LogP contribution is 2.26. The molecule has 2 saturated heterocycles. The average molecular weight is 281 g/mol. The van der Waals surface area contributed by atoms with Crippen LogP contribution in [-0.2, 0) is 9.59 Å².